The summed E-state index contributed by atoms with van der Waals surface area (Å²) >= 11 is 0. The molecule has 0 bridgehead atoms. The fraction of sp³-hybridized carbons (Fsp3) is 0.562. The number of hydrogen-bond acceptors (Lipinski definition) is 2. The van der Waals surface area contributed by atoms with E-state index < -0.39 is 0 Å². The molecule has 0 saturated carbocycles. The zero-order chi connectivity index (χ0) is 13.7. The first-order chi connectivity index (χ1) is 9.27. The van der Waals surface area contributed by atoms with Gasteiger partial charge >= 0.3 is 0 Å². The molecular formula is C16H24N2O. The number of nitrogens with zero attached hydrogens (tertiary/aromatic N) is 1. The summed E-state index contributed by atoms with van der Waals surface area (Å²) in [6.07, 6.45) is 2.04. The maximum absolute atomic E-state index is 12.7. The molecule has 0 saturated heterocycles. The molecule has 1 aromatic rings. The van der Waals surface area contributed by atoms with E-state index in [1.165, 1.54) is 11.1 Å². The van der Waals surface area contributed by atoms with Gasteiger partial charge in [0.1, 0.15) is 0 Å². The van der Waals surface area contributed by atoms with Gasteiger partial charge < -0.3 is 10.2 Å². The summed E-state index contributed by atoms with van der Waals surface area (Å²) in [5.41, 5.74) is 2.48. The Labute approximate surface area is 116 Å². The lowest BCUT2D eigenvalue weighted by Crippen LogP contribution is -2.42. The van der Waals surface area contributed by atoms with Crippen molar-refractivity contribution < 1.29 is 4.79 Å². The van der Waals surface area contributed by atoms with Crippen molar-refractivity contribution in [1.29, 1.82) is 0 Å². The molecule has 2 rings (SSSR count). The highest BCUT2D eigenvalue weighted by molar-refractivity contribution is 5.84. The first-order valence-electron chi connectivity index (χ1n) is 7.35. The second-order valence-electron chi connectivity index (χ2n) is 5.21. The molecule has 104 valence electrons. The lowest BCUT2D eigenvalue weighted by Gasteiger charge is -2.31. The normalized spacial score (nSPS) is 17.9. The Hall–Kier alpha value is -1.35. The van der Waals surface area contributed by atoms with E-state index in [1.54, 1.807) is 0 Å². The van der Waals surface area contributed by atoms with Crippen LogP contribution in [0, 0.1) is 0 Å². The standard InChI is InChI=1S/C16H24N2O/c1-3-9-18(10-4-2)16(19)15-12-17-11-13-7-5-6-8-14(13)15/h5-8,15,17H,3-4,9-12H2,1-2H3. The van der Waals surface area contributed by atoms with Crippen molar-refractivity contribution in [3.8, 4) is 0 Å². The first-order valence-corrected chi connectivity index (χ1v) is 7.35. The van der Waals surface area contributed by atoms with Crippen LogP contribution in [-0.2, 0) is 11.3 Å². The predicted octanol–water partition coefficient (Wildman–Crippen LogP) is 2.52. The predicted molar refractivity (Wildman–Crippen MR) is 78.1 cm³/mol. The Morgan fingerprint density at radius 2 is 1.95 bits per heavy atom. The van der Waals surface area contributed by atoms with E-state index in [0.717, 1.165) is 39.0 Å². The van der Waals surface area contributed by atoms with Gasteiger partial charge in [0.2, 0.25) is 5.91 Å². The number of carbonyl (C=O) groups is 1. The Kier molecular flexibility index (Phi) is 4.97. The lowest BCUT2D eigenvalue weighted by atomic mass is 9.89. The van der Waals surface area contributed by atoms with Crippen LogP contribution in [0.3, 0.4) is 0 Å². The third-order valence-electron chi connectivity index (χ3n) is 3.69. The highest BCUT2D eigenvalue weighted by atomic mass is 16.2. The summed E-state index contributed by atoms with van der Waals surface area (Å²) in [5.74, 6) is 0.270. The molecule has 1 aliphatic heterocycles. The number of hydrogen-bond donors (Lipinski definition) is 1. The lowest BCUT2D eigenvalue weighted by molar-refractivity contribution is -0.133. The molecule has 1 N–H and O–H groups in total. The fourth-order valence-corrected chi connectivity index (χ4v) is 2.81. The van der Waals surface area contributed by atoms with Crippen LogP contribution >= 0.6 is 0 Å². The zero-order valence-electron chi connectivity index (χ0n) is 12.0. The molecule has 1 atom stereocenters. The molecule has 3 heteroatoms. The Bertz CT molecular complexity index is 425. The third-order valence-corrected chi connectivity index (χ3v) is 3.69. The van der Waals surface area contributed by atoms with Gasteiger partial charge in [-0.15, -0.1) is 0 Å². The van der Waals surface area contributed by atoms with Gasteiger partial charge in [0.15, 0.2) is 0 Å². The van der Waals surface area contributed by atoms with Gasteiger partial charge in [-0.1, -0.05) is 38.1 Å². The van der Waals surface area contributed by atoms with Gasteiger partial charge in [-0.05, 0) is 24.0 Å². The van der Waals surface area contributed by atoms with Crippen molar-refractivity contribution in [1.82, 2.24) is 10.2 Å². The molecule has 0 radical (unpaired) electrons. The van der Waals surface area contributed by atoms with E-state index in [1.807, 2.05) is 17.0 Å². The van der Waals surface area contributed by atoms with Crippen molar-refractivity contribution in [3.05, 3.63) is 35.4 Å². The van der Waals surface area contributed by atoms with Gasteiger partial charge in [0.05, 0.1) is 5.92 Å². The van der Waals surface area contributed by atoms with Crippen molar-refractivity contribution in [3.63, 3.8) is 0 Å². The molecule has 19 heavy (non-hydrogen) atoms. The van der Waals surface area contributed by atoms with E-state index in [9.17, 15) is 4.79 Å². The smallest absolute Gasteiger partial charge is 0.231 e. The quantitative estimate of drug-likeness (QED) is 0.882. The SMILES string of the molecule is CCCN(CCC)C(=O)C1CNCc2ccccc21. The molecule has 1 amide bonds. The van der Waals surface area contributed by atoms with Gasteiger partial charge in [-0.3, -0.25) is 4.79 Å². The van der Waals surface area contributed by atoms with Crippen LogP contribution in [0.25, 0.3) is 0 Å². The molecule has 0 fully saturated rings. The van der Waals surface area contributed by atoms with Crippen LogP contribution in [0.4, 0.5) is 0 Å². The van der Waals surface area contributed by atoms with Crippen LogP contribution in [0.5, 0.6) is 0 Å². The Morgan fingerprint density at radius 1 is 1.26 bits per heavy atom. The average Bonchev–Trinajstić information content (AvgIpc) is 2.46. The van der Waals surface area contributed by atoms with Gasteiger partial charge in [-0.2, -0.15) is 0 Å². The van der Waals surface area contributed by atoms with E-state index in [-0.39, 0.29) is 11.8 Å². The second-order valence-corrected chi connectivity index (χ2v) is 5.21. The highest BCUT2D eigenvalue weighted by Gasteiger charge is 2.28. The van der Waals surface area contributed by atoms with Crippen LogP contribution in [0.15, 0.2) is 24.3 Å². The minimum Gasteiger partial charge on any atom is -0.342 e. The number of rotatable bonds is 5. The molecule has 0 spiro atoms. The molecule has 1 aliphatic rings. The number of benzene rings is 1. The van der Waals surface area contributed by atoms with Crippen LogP contribution in [0.2, 0.25) is 0 Å². The summed E-state index contributed by atoms with van der Waals surface area (Å²) in [4.78, 5) is 14.7. The topological polar surface area (TPSA) is 32.3 Å². The van der Waals surface area contributed by atoms with Gasteiger partial charge in [0, 0.05) is 26.2 Å². The largest absolute Gasteiger partial charge is 0.342 e. The number of fused-ring (bicyclic) bond motifs is 1. The Morgan fingerprint density at radius 3 is 2.63 bits per heavy atom. The van der Waals surface area contributed by atoms with Crippen LogP contribution in [-0.4, -0.2) is 30.4 Å². The maximum Gasteiger partial charge on any atom is 0.231 e. The summed E-state index contributed by atoms with van der Waals surface area (Å²) in [6.45, 7) is 7.63. The van der Waals surface area contributed by atoms with E-state index in [4.69, 9.17) is 0 Å². The first kappa shape index (κ1) is 14.1. The summed E-state index contributed by atoms with van der Waals surface area (Å²) in [7, 11) is 0. The van der Waals surface area contributed by atoms with Gasteiger partial charge in [-0.25, -0.2) is 0 Å². The van der Waals surface area contributed by atoms with Crippen molar-refractivity contribution in [2.75, 3.05) is 19.6 Å². The van der Waals surface area contributed by atoms with E-state index in [0.29, 0.717) is 0 Å². The molecule has 0 aromatic heterocycles. The fourth-order valence-electron chi connectivity index (χ4n) is 2.81. The molecule has 1 aromatic carbocycles. The van der Waals surface area contributed by atoms with Crippen LogP contribution in [0.1, 0.15) is 43.7 Å². The molecule has 3 nitrogen and oxygen atoms in total. The van der Waals surface area contributed by atoms with Crippen molar-refractivity contribution in [2.24, 2.45) is 0 Å². The van der Waals surface area contributed by atoms with Crippen LogP contribution < -0.4 is 5.32 Å². The zero-order valence-corrected chi connectivity index (χ0v) is 12.0. The molecule has 1 unspecified atom stereocenters. The number of amides is 1. The third kappa shape index (κ3) is 3.16. The Balaban J connectivity index is 2.19. The monoisotopic (exact) mass is 260 g/mol. The van der Waals surface area contributed by atoms with Crippen molar-refractivity contribution >= 4 is 5.91 Å². The molecule has 0 aliphatic carbocycles. The molecular weight excluding hydrogens is 236 g/mol. The highest BCUT2D eigenvalue weighted by Crippen LogP contribution is 2.25. The summed E-state index contributed by atoms with van der Waals surface area (Å²) < 4.78 is 0. The van der Waals surface area contributed by atoms with E-state index in [2.05, 4.69) is 31.3 Å². The second kappa shape index (κ2) is 6.71. The average molecular weight is 260 g/mol. The van der Waals surface area contributed by atoms with Crippen molar-refractivity contribution in [2.45, 2.75) is 39.2 Å². The minimum absolute atomic E-state index is 0.0111. The van der Waals surface area contributed by atoms with Gasteiger partial charge in [0.25, 0.3) is 0 Å². The van der Waals surface area contributed by atoms with E-state index >= 15 is 0 Å². The summed E-state index contributed by atoms with van der Waals surface area (Å²) in [6, 6.07) is 8.30. The minimum atomic E-state index is -0.0111. The summed E-state index contributed by atoms with van der Waals surface area (Å²) in [5, 5.41) is 3.36. The number of nitrogens with one attached hydrogen (secondary N) is 1. The maximum atomic E-state index is 12.7. The molecule has 1 heterocycles. The number of carbonyl (C=O) groups excluding carboxylic acids is 1.